The number of rotatable bonds is 4. The van der Waals surface area contributed by atoms with Crippen LogP contribution in [0.1, 0.15) is 17.0 Å². The highest BCUT2D eigenvalue weighted by atomic mass is 16.6. The number of nitrogens with zero attached hydrogens (tertiary/aromatic N) is 1. The van der Waals surface area contributed by atoms with E-state index < -0.39 is 34.6 Å². The molecule has 0 aromatic heterocycles. The van der Waals surface area contributed by atoms with Crippen molar-refractivity contribution in [1.82, 2.24) is 0 Å². The molecule has 0 unspecified atom stereocenters. The predicted octanol–water partition coefficient (Wildman–Crippen LogP) is 1.10. The van der Waals surface area contributed by atoms with Crippen molar-refractivity contribution < 1.29 is 19.2 Å². The van der Waals surface area contributed by atoms with Gasteiger partial charge in [-0.25, -0.2) is 4.79 Å². The van der Waals surface area contributed by atoms with E-state index in [1.54, 1.807) is 12.1 Å². The molecule has 100 valence electrons. The van der Waals surface area contributed by atoms with E-state index in [1.807, 2.05) is 19.1 Å². The molecule has 0 aliphatic heterocycles. The Morgan fingerprint density at radius 1 is 1.26 bits per heavy atom. The standard InChI is InChI=1S/C13H13NO5/c1-7-3-5-8(6-4-7)9-10(11(9)14(17)18)12(15)13(16)19-2/h3-6,9-11H,1-2H3/t9-,10+,11+/m0/s1. The Kier molecular flexibility index (Phi) is 3.33. The lowest BCUT2D eigenvalue weighted by Crippen LogP contribution is -2.21. The summed E-state index contributed by atoms with van der Waals surface area (Å²) in [5.74, 6) is -3.30. The smallest absolute Gasteiger partial charge is 0.374 e. The van der Waals surface area contributed by atoms with Crippen molar-refractivity contribution in [1.29, 1.82) is 0 Å². The molecular weight excluding hydrogens is 250 g/mol. The highest BCUT2D eigenvalue weighted by molar-refractivity contribution is 6.35. The van der Waals surface area contributed by atoms with Gasteiger partial charge < -0.3 is 4.74 Å². The average molecular weight is 263 g/mol. The van der Waals surface area contributed by atoms with Gasteiger partial charge in [-0.1, -0.05) is 29.8 Å². The lowest BCUT2D eigenvalue weighted by atomic mass is 10.1. The number of nitro groups is 1. The fraction of sp³-hybridized carbons (Fsp3) is 0.385. The number of hydrogen-bond donors (Lipinski definition) is 0. The number of carbonyl (C=O) groups is 2. The van der Waals surface area contributed by atoms with E-state index in [9.17, 15) is 19.7 Å². The van der Waals surface area contributed by atoms with E-state index in [1.165, 1.54) is 0 Å². The number of aryl methyl sites for hydroxylation is 1. The predicted molar refractivity (Wildman–Crippen MR) is 65.2 cm³/mol. The average Bonchev–Trinajstić information content (AvgIpc) is 3.13. The van der Waals surface area contributed by atoms with E-state index in [2.05, 4.69) is 4.74 Å². The van der Waals surface area contributed by atoms with Crippen molar-refractivity contribution in [2.75, 3.05) is 7.11 Å². The molecule has 0 bridgehead atoms. The Hall–Kier alpha value is -2.24. The van der Waals surface area contributed by atoms with Crippen LogP contribution in [0.4, 0.5) is 0 Å². The summed E-state index contributed by atoms with van der Waals surface area (Å²) in [7, 11) is 1.09. The van der Waals surface area contributed by atoms with Crippen LogP contribution in [0, 0.1) is 23.0 Å². The SMILES string of the molecule is COC(=O)C(=O)[C@@H]1[C@H](c2ccc(C)cc2)[C@H]1[N+](=O)[O-]. The van der Waals surface area contributed by atoms with Crippen molar-refractivity contribution in [3.8, 4) is 0 Å². The molecule has 0 saturated heterocycles. The first-order valence-electron chi connectivity index (χ1n) is 5.79. The number of Topliss-reactive ketones (excluding diaryl/α,β-unsaturated/α-hetero) is 1. The van der Waals surface area contributed by atoms with Crippen LogP contribution in [0.5, 0.6) is 0 Å². The minimum atomic E-state index is -1.03. The number of ketones is 1. The summed E-state index contributed by atoms with van der Waals surface area (Å²) in [6.07, 6.45) is 0. The summed E-state index contributed by atoms with van der Waals surface area (Å²) in [6.45, 7) is 1.90. The molecule has 2 rings (SSSR count). The molecule has 3 atom stereocenters. The molecule has 6 nitrogen and oxygen atoms in total. The van der Waals surface area contributed by atoms with Crippen molar-refractivity contribution >= 4 is 11.8 Å². The first kappa shape index (κ1) is 13.2. The molecule has 1 fully saturated rings. The van der Waals surface area contributed by atoms with Crippen molar-refractivity contribution in [2.45, 2.75) is 18.9 Å². The minimum absolute atomic E-state index is 0.504. The molecule has 0 heterocycles. The van der Waals surface area contributed by atoms with Crippen LogP contribution >= 0.6 is 0 Å². The van der Waals surface area contributed by atoms with Crippen molar-refractivity contribution in [3.63, 3.8) is 0 Å². The first-order chi connectivity index (χ1) is 8.97. The highest BCUT2D eigenvalue weighted by Crippen LogP contribution is 2.50. The normalized spacial score (nSPS) is 24.6. The Labute approximate surface area is 109 Å². The third-order valence-electron chi connectivity index (χ3n) is 3.38. The Morgan fingerprint density at radius 2 is 1.84 bits per heavy atom. The molecule has 0 radical (unpaired) electrons. The Morgan fingerprint density at radius 3 is 2.32 bits per heavy atom. The van der Waals surface area contributed by atoms with Crippen LogP contribution in [0.3, 0.4) is 0 Å². The zero-order valence-electron chi connectivity index (χ0n) is 10.5. The van der Waals surface area contributed by atoms with Gasteiger partial charge in [0.25, 0.3) is 5.78 Å². The largest absolute Gasteiger partial charge is 0.463 e. The highest BCUT2D eigenvalue weighted by Gasteiger charge is 2.66. The molecule has 1 aliphatic carbocycles. The monoisotopic (exact) mass is 263 g/mol. The zero-order chi connectivity index (χ0) is 14.2. The van der Waals surface area contributed by atoms with Gasteiger partial charge in [-0.15, -0.1) is 0 Å². The van der Waals surface area contributed by atoms with Gasteiger partial charge in [0.15, 0.2) is 0 Å². The maximum atomic E-state index is 11.7. The maximum Gasteiger partial charge on any atom is 0.374 e. The summed E-state index contributed by atoms with van der Waals surface area (Å²) in [5.41, 5.74) is 1.73. The lowest BCUT2D eigenvalue weighted by molar-refractivity contribution is -0.498. The number of benzene rings is 1. The molecular formula is C13H13NO5. The van der Waals surface area contributed by atoms with Crippen molar-refractivity contribution in [2.24, 2.45) is 5.92 Å². The molecule has 6 heteroatoms. The number of esters is 1. The molecule has 0 amide bonds. The first-order valence-corrected chi connectivity index (χ1v) is 5.79. The quantitative estimate of drug-likeness (QED) is 0.351. The second-order valence-corrected chi connectivity index (χ2v) is 4.59. The van der Waals surface area contributed by atoms with Gasteiger partial charge in [-0.05, 0) is 12.5 Å². The summed E-state index contributed by atoms with van der Waals surface area (Å²) in [6, 6.07) is 6.12. The van der Waals surface area contributed by atoms with E-state index in [0.717, 1.165) is 12.7 Å². The minimum Gasteiger partial charge on any atom is -0.463 e. The lowest BCUT2D eigenvalue weighted by Gasteiger charge is -1.98. The Balaban J connectivity index is 2.25. The van der Waals surface area contributed by atoms with E-state index in [4.69, 9.17) is 0 Å². The van der Waals surface area contributed by atoms with Crippen LogP contribution < -0.4 is 0 Å². The summed E-state index contributed by atoms with van der Waals surface area (Å²) < 4.78 is 4.33. The van der Waals surface area contributed by atoms with Crippen LogP contribution in [-0.4, -0.2) is 29.8 Å². The van der Waals surface area contributed by atoms with Crippen LogP contribution in [0.2, 0.25) is 0 Å². The summed E-state index contributed by atoms with van der Waals surface area (Å²) >= 11 is 0. The number of carbonyl (C=O) groups excluding carboxylic acids is 2. The molecule has 1 aromatic rings. The van der Waals surface area contributed by atoms with E-state index >= 15 is 0 Å². The van der Waals surface area contributed by atoms with Crippen LogP contribution in [0.15, 0.2) is 24.3 Å². The topological polar surface area (TPSA) is 86.5 Å². The second-order valence-electron chi connectivity index (χ2n) is 4.59. The van der Waals surface area contributed by atoms with Gasteiger partial charge in [-0.2, -0.15) is 0 Å². The molecule has 0 spiro atoms. The van der Waals surface area contributed by atoms with Crippen LogP contribution in [0.25, 0.3) is 0 Å². The third-order valence-corrected chi connectivity index (χ3v) is 3.38. The Bertz CT molecular complexity index is 536. The van der Waals surface area contributed by atoms with Gasteiger partial charge in [0.05, 0.1) is 13.0 Å². The molecule has 1 aliphatic rings. The van der Waals surface area contributed by atoms with Gasteiger partial charge in [0.1, 0.15) is 5.92 Å². The fourth-order valence-corrected chi connectivity index (χ4v) is 2.31. The van der Waals surface area contributed by atoms with Crippen molar-refractivity contribution in [3.05, 3.63) is 45.5 Å². The zero-order valence-corrected chi connectivity index (χ0v) is 10.5. The molecule has 1 aromatic carbocycles. The molecule has 19 heavy (non-hydrogen) atoms. The number of hydrogen-bond acceptors (Lipinski definition) is 5. The summed E-state index contributed by atoms with van der Waals surface area (Å²) in [5, 5.41) is 10.9. The third kappa shape index (κ3) is 2.33. The maximum absolute atomic E-state index is 11.7. The van der Waals surface area contributed by atoms with Crippen LogP contribution in [-0.2, 0) is 14.3 Å². The van der Waals surface area contributed by atoms with Gasteiger partial charge >= 0.3 is 5.97 Å². The summed E-state index contributed by atoms with van der Waals surface area (Å²) in [4.78, 5) is 33.4. The van der Waals surface area contributed by atoms with E-state index in [0.29, 0.717) is 5.56 Å². The van der Waals surface area contributed by atoms with Gasteiger partial charge in [0.2, 0.25) is 6.04 Å². The van der Waals surface area contributed by atoms with E-state index in [-0.39, 0.29) is 0 Å². The van der Waals surface area contributed by atoms with Gasteiger partial charge in [0, 0.05) is 4.92 Å². The van der Waals surface area contributed by atoms with Gasteiger partial charge in [-0.3, -0.25) is 14.9 Å². The second kappa shape index (κ2) is 4.79. The fourth-order valence-electron chi connectivity index (χ4n) is 2.31. The molecule has 1 saturated carbocycles. The molecule has 0 N–H and O–H groups in total. The number of ether oxygens (including phenoxy) is 1. The number of methoxy groups -OCH3 is 1.